The van der Waals surface area contributed by atoms with Crippen LogP contribution in [0, 0.1) is 3.57 Å². The first-order valence-corrected chi connectivity index (χ1v) is 9.10. The molecule has 1 heterocycles. The van der Waals surface area contributed by atoms with Gasteiger partial charge in [-0.3, -0.25) is 0 Å². The summed E-state index contributed by atoms with van der Waals surface area (Å²) in [5.41, 5.74) is 3.45. The van der Waals surface area contributed by atoms with Crippen LogP contribution in [0.15, 0.2) is 65.8 Å². The van der Waals surface area contributed by atoms with E-state index < -0.39 is 0 Å². The number of hydrogen-bond donors (Lipinski definition) is 1. The summed E-state index contributed by atoms with van der Waals surface area (Å²) in [6.07, 6.45) is 0. The third kappa shape index (κ3) is 2.85. The molecule has 0 bridgehead atoms. The quantitative estimate of drug-likeness (QED) is 0.347. The highest BCUT2D eigenvalue weighted by atomic mass is 127. The third-order valence-electron chi connectivity index (χ3n) is 3.62. The molecule has 3 aromatic carbocycles. The number of halogens is 1. The highest BCUT2D eigenvalue weighted by Gasteiger charge is 2.05. The third-order valence-corrected chi connectivity index (χ3v) is 5.28. The van der Waals surface area contributed by atoms with Gasteiger partial charge in [0.05, 0.1) is 11.0 Å². The molecule has 0 saturated heterocycles. The Morgan fingerprint density at radius 3 is 2.45 bits per heavy atom. The van der Waals surface area contributed by atoms with Crippen molar-refractivity contribution in [3.05, 3.63) is 69.8 Å². The molecule has 0 aliphatic heterocycles. The smallest absolute Gasteiger partial charge is 0.166 e. The minimum atomic E-state index is 0.927. The van der Waals surface area contributed by atoms with E-state index in [4.69, 9.17) is 4.98 Å². The van der Waals surface area contributed by atoms with Crippen molar-refractivity contribution < 1.29 is 0 Å². The lowest BCUT2D eigenvalue weighted by molar-refractivity contribution is 1.08. The van der Waals surface area contributed by atoms with E-state index in [-0.39, 0.29) is 0 Å². The van der Waals surface area contributed by atoms with Crippen LogP contribution < -0.4 is 0 Å². The Balaban J connectivity index is 1.61. The van der Waals surface area contributed by atoms with Crippen molar-refractivity contribution in [2.45, 2.75) is 10.9 Å². The van der Waals surface area contributed by atoms with Crippen LogP contribution >= 0.6 is 34.4 Å². The molecule has 0 aliphatic carbocycles. The lowest BCUT2D eigenvalue weighted by atomic mass is 10.1. The van der Waals surface area contributed by atoms with Gasteiger partial charge < -0.3 is 4.98 Å². The largest absolute Gasteiger partial charge is 0.333 e. The molecule has 0 saturated carbocycles. The monoisotopic (exact) mass is 416 g/mol. The van der Waals surface area contributed by atoms with Crippen molar-refractivity contribution >= 4 is 56.2 Å². The van der Waals surface area contributed by atoms with Gasteiger partial charge in [0.2, 0.25) is 0 Å². The molecule has 1 aromatic heterocycles. The van der Waals surface area contributed by atoms with Crippen LogP contribution in [0.5, 0.6) is 0 Å². The van der Waals surface area contributed by atoms with Gasteiger partial charge in [-0.1, -0.05) is 48.2 Å². The maximum absolute atomic E-state index is 4.70. The molecule has 0 aliphatic rings. The zero-order valence-electron chi connectivity index (χ0n) is 11.7. The summed E-state index contributed by atoms with van der Waals surface area (Å²) in [4.78, 5) is 8.12. The second kappa shape index (κ2) is 5.93. The summed E-state index contributed by atoms with van der Waals surface area (Å²) >= 11 is 4.07. The molecule has 0 fully saturated rings. The molecule has 22 heavy (non-hydrogen) atoms. The Hall–Kier alpha value is -1.53. The summed E-state index contributed by atoms with van der Waals surface area (Å²) in [6, 6.07) is 21.3. The van der Waals surface area contributed by atoms with Crippen molar-refractivity contribution in [3.8, 4) is 0 Å². The van der Waals surface area contributed by atoms with Crippen LogP contribution in [0.25, 0.3) is 21.8 Å². The molecule has 4 aromatic rings. The van der Waals surface area contributed by atoms with Crippen LogP contribution in [-0.2, 0) is 5.75 Å². The Labute approximate surface area is 146 Å². The van der Waals surface area contributed by atoms with Gasteiger partial charge in [-0.25, -0.2) is 4.98 Å². The number of H-pyrrole nitrogens is 1. The molecular formula is C18H13IN2S. The maximum atomic E-state index is 4.70. The molecule has 0 amide bonds. The van der Waals surface area contributed by atoms with Gasteiger partial charge in [0, 0.05) is 9.32 Å². The van der Waals surface area contributed by atoms with E-state index in [2.05, 4.69) is 88.2 Å². The van der Waals surface area contributed by atoms with E-state index in [0.717, 1.165) is 21.9 Å². The summed E-state index contributed by atoms with van der Waals surface area (Å²) < 4.78 is 1.27. The minimum Gasteiger partial charge on any atom is -0.333 e. The molecule has 108 valence electrons. The topological polar surface area (TPSA) is 28.7 Å². The van der Waals surface area contributed by atoms with Gasteiger partial charge in [-0.2, -0.15) is 0 Å². The molecule has 0 unspecified atom stereocenters. The van der Waals surface area contributed by atoms with Crippen molar-refractivity contribution in [3.63, 3.8) is 0 Å². The first kappa shape index (κ1) is 14.1. The zero-order chi connectivity index (χ0) is 14.9. The number of rotatable bonds is 3. The average molecular weight is 416 g/mol. The van der Waals surface area contributed by atoms with Crippen molar-refractivity contribution in [1.82, 2.24) is 9.97 Å². The van der Waals surface area contributed by atoms with Gasteiger partial charge in [-0.05, 0) is 63.2 Å². The van der Waals surface area contributed by atoms with Gasteiger partial charge in [-0.15, -0.1) is 0 Å². The van der Waals surface area contributed by atoms with E-state index in [0.29, 0.717) is 0 Å². The Morgan fingerprint density at radius 1 is 0.955 bits per heavy atom. The van der Waals surface area contributed by atoms with Crippen LogP contribution in [0.2, 0.25) is 0 Å². The first-order chi connectivity index (χ1) is 10.8. The Morgan fingerprint density at radius 2 is 1.68 bits per heavy atom. The van der Waals surface area contributed by atoms with E-state index >= 15 is 0 Å². The zero-order valence-corrected chi connectivity index (χ0v) is 14.7. The Kier molecular flexibility index (Phi) is 3.80. The molecular weight excluding hydrogens is 403 g/mol. The molecule has 4 rings (SSSR count). The average Bonchev–Trinajstić information content (AvgIpc) is 2.93. The molecule has 0 atom stereocenters. The molecule has 4 heteroatoms. The molecule has 0 radical (unpaired) electrons. The number of nitrogens with zero attached hydrogens (tertiary/aromatic N) is 1. The predicted octanol–water partition coefficient (Wildman–Crippen LogP) is 5.61. The standard InChI is InChI=1S/C18H13IN2S/c19-15-7-5-12(6-8-15)11-22-18-20-16-9-13-3-1-2-4-14(13)10-17(16)21-18/h1-10H,11H2,(H,20,21). The molecule has 2 nitrogen and oxygen atoms in total. The van der Waals surface area contributed by atoms with Gasteiger partial charge in [0.1, 0.15) is 0 Å². The van der Waals surface area contributed by atoms with Crippen LogP contribution in [0.3, 0.4) is 0 Å². The number of thioether (sulfide) groups is 1. The van der Waals surface area contributed by atoms with E-state index in [1.165, 1.54) is 19.9 Å². The highest BCUT2D eigenvalue weighted by molar-refractivity contribution is 14.1. The number of aromatic nitrogens is 2. The number of nitrogens with one attached hydrogen (secondary N) is 1. The number of aromatic amines is 1. The second-order valence-corrected chi connectivity index (χ2v) is 7.38. The SMILES string of the molecule is Ic1ccc(CSc2nc3cc4ccccc4cc3[nH]2)cc1. The van der Waals surface area contributed by atoms with Crippen molar-refractivity contribution in [2.75, 3.05) is 0 Å². The lowest BCUT2D eigenvalue weighted by Gasteiger charge is -1.99. The fourth-order valence-electron chi connectivity index (χ4n) is 2.47. The highest BCUT2D eigenvalue weighted by Crippen LogP contribution is 2.26. The van der Waals surface area contributed by atoms with E-state index in [9.17, 15) is 0 Å². The molecule has 1 N–H and O–H groups in total. The number of fused-ring (bicyclic) bond motifs is 2. The lowest BCUT2D eigenvalue weighted by Crippen LogP contribution is -1.82. The minimum absolute atomic E-state index is 0.927. The van der Waals surface area contributed by atoms with Crippen LogP contribution in [0.1, 0.15) is 5.56 Å². The number of benzene rings is 3. The number of imidazole rings is 1. The second-order valence-electron chi connectivity index (χ2n) is 5.17. The van der Waals surface area contributed by atoms with Crippen molar-refractivity contribution in [1.29, 1.82) is 0 Å². The van der Waals surface area contributed by atoms with Gasteiger partial charge in [0.25, 0.3) is 0 Å². The van der Waals surface area contributed by atoms with Crippen molar-refractivity contribution in [2.24, 2.45) is 0 Å². The summed E-state index contributed by atoms with van der Waals surface area (Å²) in [5.74, 6) is 0.927. The van der Waals surface area contributed by atoms with Gasteiger partial charge in [0.15, 0.2) is 5.16 Å². The maximum Gasteiger partial charge on any atom is 0.166 e. The first-order valence-electron chi connectivity index (χ1n) is 7.04. The van der Waals surface area contributed by atoms with Crippen LogP contribution in [0.4, 0.5) is 0 Å². The fraction of sp³-hybridized carbons (Fsp3) is 0.0556. The summed E-state index contributed by atoms with van der Waals surface area (Å²) in [5, 5.41) is 3.45. The number of hydrogen-bond acceptors (Lipinski definition) is 2. The van der Waals surface area contributed by atoms with Crippen LogP contribution in [-0.4, -0.2) is 9.97 Å². The summed E-state index contributed by atoms with van der Waals surface area (Å²) in [7, 11) is 0. The predicted molar refractivity (Wildman–Crippen MR) is 102 cm³/mol. The molecule has 0 spiro atoms. The van der Waals surface area contributed by atoms with Gasteiger partial charge >= 0.3 is 0 Å². The fourth-order valence-corrected chi connectivity index (χ4v) is 3.67. The Bertz CT molecular complexity index is 892. The van der Waals surface area contributed by atoms with E-state index in [1.807, 2.05) is 0 Å². The van der Waals surface area contributed by atoms with E-state index in [1.54, 1.807) is 11.8 Å². The summed E-state index contributed by atoms with van der Waals surface area (Å²) in [6.45, 7) is 0. The normalized spacial score (nSPS) is 11.3.